The van der Waals surface area contributed by atoms with Crippen molar-refractivity contribution in [1.29, 1.82) is 0 Å². The lowest BCUT2D eigenvalue weighted by molar-refractivity contribution is 0.0490. The predicted molar refractivity (Wildman–Crippen MR) is 450 cm³/mol. The number of benzene rings is 5. The van der Waals surface area contributed by atoms with Gasteiger partial charge in [-0.05, 0) is 67.1 Å². The number of ether oxygens (including phenoxy) is 5. The number of aromatic nitrogens is 10. The molecule has 27 nitrogen and oxygen atoms in total. The standard InChI is InChI=1S/C18H14ClF2N3O4.C18H16ClF2N3O2.C17H12ClF2N3O3.C15H10ClF2N3O2.C15H10ClF2N3O/c1-27-7-10(25)24-6-5-8-3-4-9(12(20)17(8)24)15-13(21)14(22)11(19)16(23-15)18(26)28-2;1-2-3-8-26-18(25)17-11(19)14(22)13(21)16(24-17)10-5-4-9-6-7-23-15(9)12(10)20;1-7(24)23-6-5-8-3-4-9(11(19)16(8)23)14-12(20)13(21)10(18)15(22-14)17(25)26-2;1-23-15(22)14-8(16)11(19)10(18)13(21-14)7-3-2-6-4-5-20-12(6)9(7)17;1-6(22)13-9(16)12(19)11(18)15(21-13)8-3-2-7-4-5-20-14(7)10(8)17/h3-6H,7H2,1-2H3,(H2,22,23);4-7,23H,2-3,8H2,1H3,(H2,22,24);3-6H,1-2H3,(H2,21,22);2-5,20H,1H3,(H2,19,21);2-5,20H,1H3,(H2,19,21). The van der Waals surface area contributed by atoms with E-state index in [0.29, 0.717) is 33.4 Å². The van der Waals surface area contributed by atoms with E-state index in [2.05, 4.69) is 54.1 Å². The molecule has 0 atom stereocenters. The van der Waals surface area contributed by atoms with Crippen molar-refractivity contribution >= 4 is 182 Å². The topological polar surface area (TPSA) is 417 Å². The van der Waals surface area contributed by atoms with Crippen LogP contribution in [-0.4, -0.2) is 132 Å². The number of unbranched alkanes of at least 4 members (excludes halogenated alkanes) is 1. The molecule has 5 aromatic carbocycles. The molecular formula is C83H62Cl5F10N15O12. The minimum absolute atomic E-state index is 0.0376. The molecule has 0 aliphatic rings. The smallest absolute Gasteiger partial charge is 0.358 e. The Labute approximate surface area is 722 Å². The van der Waals surface area contributed by atoms with Gasteiger partial charge >= 0.3 is 23.9 Å². The number of hydrogen-bond acceptors (Lipinski definition) is 22. The van der Waals surface area contributed by atoms with Gasteiger partial charge in [-0.3, -0.25) is 23.5 Å². The summed E-state index contributed by atoms with van der Waals surface area (Å²) in [6.45, 7) is 4.32. The SMILES string of the molecule is CC(=O)c1nc(-c2ccc3cc[nH]c3c2F)c(F)c(N)c1Cl.CCCCOC(=O)c1nc(-c2ccc3cc[nH]c3c2F)c(F)c(N)c1Cl.COC(=O)c1nc(-c2ccc3cc[nH]c3c2F)c(F)c(N)c1Cl.COC(=O)c1nc(-c2ccc3ccn(C(C)=O)c3c2F)c(F)c(N)c1Cl.COCC(=O)n1ccc2ccc(-c3nc(C(=O)OC)c(Cl)c(N)c3F)c(F)c21. The molecule has 0 aliphatic heterocycles. The number of H-pyrrole nitrogens is 3. The Morgan fingerprint density at radius 3 is 0.944 bits per heavy atom. The van der Waals surface area contributed by atoms with E-state index < -0.39 is 172 Å². The van der Waals surface area contributed by atoms with Gasteiger partial charge in [-0.1, -0.05) is 102 Å². The number of methoxy groups -OCH3 is 4. The van der Waals surface area contributed by atoms with Crippen molar-refractivity contribution in [1.82, 2.24) is 49.0 Å². The zero-order chi connectivity index (χ0) is 91.3. The molecule has 125 heavy (non-hydrogen) atoms. The third kappa shape index (κ3) is 17.8. The van der Waals surface area contributed by atoms with Crippen molar-refractivity contribution in [3.05, 3.63) is 234 Å². The van der Waals surface area contributed by atoms with Crippen molar-refractivity contribution in [3.8, 4) is 56.3 Å². The number of rotatable bonds is 15. The first kappa shape index (κ1) is 91.9. The zero-order valence-electron chi connectivity index (χ0n) is 65.5. The number of Topliss-reactive ketones (excluding diaryl/α,β-unsaturated/α-hetero) is 1. The third-order valence-electron chi connectivity index (χ3n) is 18.7. The molecule has 646 valence electrons. The number of esters is 4. The molecule has 10 heterocycles. The average Bonchev–Trinajstić information content (AvgIpc) is 1.71. The second-order valence-corrected chi connectivity index (χ2v) is 28.2. The van der Waals surface area contributed by atoms with Gasteiger partial charge in [-0.25, -0.2) is 88.0 Å². The summed E-state index contributed by atoms with van der Waals surface area (Å²) in [5.74, 6) is -14.1. The largest absolute Gasteiger partial charge is 0.464 e. The van der Waals surface area contributed by atoms with Crippen molar-refractivity contribution < 1.29 is 101 Å². The fraction of sp³-hybridized carbons (Fsp3) is 0.133. The van der Waals surface area contributed by atoms with Gasteiger partial charge in [0.2, 0.25) is 5.91 Å². The van der Waals surface area contributed by atoms with Crippen molar-refractivity contribution in [3.63, 3.8) is 0 Å². The maximum absolute atomic E-state index is 15.3. The number of nitrogens with two attached hydrogens (primary N) is 5. The summed E-state index contributed by atoms with van der Waals surface area (Å²) in [5, 5.41) is 0.854. The normalized spacial score (nSPS) is 11.0. The maximum atomic E-state index is 15.3. The summed E-state index contributed by atoms with van der Waals surface area (Å²) in [7, 11) is 4.62. The van der Waals surface area contributed by atoms with Crippen LogP contribution in [0.15, 0.2) is 122 Å². The van der Waals surface area contributed by atoms with E-state index in [1.807, 2.05) is 6.92 Å². The summed E-state index contributed by atoms with van der Waals surface area (Å²) in [6.07, 6.45) is 8.94. The van der Waals surface area contributed by atoms with E-state index in [9.17, 15) is 68.7 Å². The lowest BCUT2D eigenvalue weighted by Crippen LogP contribution is -2.16. The third-order valence-corrected chi connectivity index (χ3v) is 20.6. The van der Waals surface area contributed by atoms with Gasteiger partial charge in [0.15, 0.2) is 86.7 Å². The number of carbonyl (C=O) groups is 7. The molecular weight excluding hydrogens is 1770 g/mol. The zero-order valence-corrected chi connectivity index (χ0v) is 69.2. The van der Waals surface area contributed by atoms with Crippen molar-refractivity contribution in [2.75, 3.05) is 70.3 Å². The maximum Gasteiger partial charge on any atom is 0.358 e. The molecule has 0 aliphatic carbocycles. The Morgan fingerprint density at radius 2 is 0.648 bits per heavy atom. The number of nitrogens with one attached hydrogen (secondary N) is 3. The number of fused-ring (bicyclic) bond motifs is 5. The van der Waals surface area contributed by atoms with E-state index in [1.54, 1.807) is 61.1 Å². The van der Waals surface area contributed by atoms with Crippen LogP contribution in [-0.2, 0) is 23.7 Å². The molecule has 10 aromatic heterocycles. The van der Waals surface area contributed by atoms with Crippen LogP contribution >= 0.6 is 58.0 Å². The second-order valence-electron chi connectivity index (χ2n) is 26.3. The van der Waals surface area contributed by atoms with Crippen LogP contribution in [0.25, 0.3) is 111 Å². The molecule has 13 N–H and O–H groups in total. The Kier molecular flexibility index (Phi) is 28.1. The van der Waals surface area contributed by atoms with Gasteiger partial charge in [0.25, 0.3) is 5.91 Å². The Hall–Kier alpha value is -13.9. The lowest BCUT2D eigenvalue weighted by atomic mass is 10.1. The van der Waals surface area contributed by atoms with E-state index in [0.717, 1.165) is 36.9 Å². The first-order valence-electron chi connectivity index (χ1n) is 36.0. The average molecular weight is 1830 g/mol. The van der Waals surface area contributed by atoms with Gasteiger partial charge in [0.05, 0.1) is 109 Å². The summed E-state index contributed by atoms with van der Waals surface area (Å²) >= 11 is 29.3. The van der Waals surface area contributed by atoms with E-state index >= 15 is 8.78 Å². The first-order valence-corrected chi connectivity index (χ1v) is 37.9. The molecule has 0 bridgehead atoms. The van der Waals surface area contributed by atoms with Crippen LogP contribution in [0.1, 0.15) is 95.6 Å². The van der Waals surface area contributed by atoms with Crippen LogP contribution in [0.4, 0.5) is 72.3 Å². The monoisotopic (exact) mass is 1830 g/mol. The highest BCUT2D eigenvalue weighted by Crippen LogP contribution is 2.42. The number of carbonyl (C=O) groups excluding carboxylic acids is 7. The fourth-order valence-corrected chi connectivity index (χ4v) is 13.4. The summed E-state index contributed by atoms with van der Waals surface area (Å²) in [5.41, 5.74) is 21.0. The molecule has 15 aromatic rings. The van der Waals surface area contributed by atoms with E-state index in [1.165, 1.54) is 81.9 Å². The van der Waals surface area contributed by atoms with Gasteiger partial charge in [0, 0.05) is 107 Å². The number of nitrogens with zero attached hydrogens (tertiary/aromatic N) is 7. The van der Waals surface area contributed by atoms with Gasteiger partial charge in [0.1, 0.15) is 40.8 Å². The number of anilines is 5. The number of aromatic amines is 3. The molecule has 0 fully saturated rings. The van der Waals surface area contributed by atoms with E-state index in [-0.39, 0.29) is 106 Å². The minimum Gasteiger partial charge on any atom is -0.464 e. The number of hydrogen-bond donors (Lipinski definition) is 8. The predicted octanol–water partition coefficient (Wildman–Crippen LogP) is 19.1. The Morgan fingerprint density at radius 1 is 0.368 bits per heavy atom. The van der Waals surface area contributed by atoms with Crippen LogP contribution in [0.2, 0.25) is 25.1 Å². The first-order chi connectivity index (χ1) is 59.4. The second kappa shape index (κ2) is 38.3. The fourth-order valence-electron chi connectivity index (χ4n) is 12.4. The number of nitrogen functional groups attached to an aromatic ring is 5. The summed E-state index contributed by atoms with van der Waals surface area (Å²) in [6, 6.07) is 22.5. The van der Waals surface area contributed by atoms with Gasteiger partial charge in [-0.2, -0.15) is 0 Å². The van der Waals surface area contributed by atoms with Crippen LogP contribution < -0.4 is 28.7 Å². The highest BCUT2D eigenvalue weighted by atomic mass is 35.5. The Balaban J connectivity index is 0.000000152. The van der Waals surface area contributed by atoms with Crippen LogP contribution in [0.5, 0.6) is 0 Å². The molecule has 0 spiro atoms. The molecule has 0 amide bonds. The molecule has 15 rings (SSSR count). The number of pyridine rings is 5. The van der Waals surface area contributed by atoms with Gasteiger partial charge in [-0.15, -0.1) is 0 Å². The molecule has 0 unspecified atom stereocenters. The molecule has 0 saturated carbocycles. The van der Waals surface area contributed by atoms with E-state index in [4.69, 9.17) is 96.1 Å². The number of halogens is 15. The minimum atomic E-state index is -1.10. The van der Waals surface area contributed by atoms with Crippen molar-refractivity contribution in [2.24, 2.45) is 0 Å². The molecule has 0 saturated heterocycles. The number of ketones is 1. The van der Waals surface area contributed by atoms with Gasteiger partial charge < -0.3 is 67.3 Å². The molecule has 0 radical (unpaired) electrons. The highest BCUT2D eigenvalue weighted by molar-refractivity contribution is 6.38. The molecule has 42 heteroatoms. The summed E-state index contributed by atoms with van der Waals surface area (Å²) < 4.78 is 172. The van der Waals surface area contributed by atoms with Crippen molar-refractivity contribution in [2.45, 2.75) is 33.6 Å². The Bertz CT molecular complexity index is 6930. The van der Waals surface area contributed by atoms with Crippen LogP contribution in [0, 0.1) is 58.2 Å². The quantitative estimate of drug-likeness (QED) is 0.0155. The lowest BCUT2D eigenvalue weighted by Gasteiger charge is -2.12. The van der Waals surface area contributed by atoms with Crippen LogP contribution in [0.3, 0.4) is 0 Å². The highest BCUT2D eigenvalue weighted by Gasteiger charge is 2.32. The summed E-state index contributed by atoms with van der Waals surface area (Å²) in [4.78, 5) is 110.